The first-order valence-corrected chi connectivity index (χ1v) is 5.21. The van der Waals surface area contributed by atoms with Crippen LogP contribution in [-0.4, -0.2) is 17.6 Å². The van der Waals surface area contributed by atoms with Gasteiger partial charge in [0.05, 0.1) is 6.42 Å². The Morgan fingerprint density at radius 2 is 2.40 bits per heavy atom. The Balaban J connectivity index is 2.17. The van der Waals surface area contributed by atoms with Gasteiger partial charge in [0.2, 0.25) is 0 Å². The number of aryl methyl sites for hydroxylation is 1. The maximum Gasteiger partial charge on any atom is 0.303 e. The van der Waals surface area contributed by atoms with Crippen molar-refractivity contribution < 1.29 is 9.90 Å². The molecule has 1 aliphatic rings. The van der Waals surface area contributed by atoms with Crippen molar-refractivity contribution >= 4 is 11.7 Å². The fraction of sp³-hybridized carbons (Fsp3) is 0.417. The van der Waals surface area contributed by atoms with Gasteiger partial charge in [-0.05, 0) is 30.4 Å². The summed E-state index contributed by atoms with van der Waals surface area (Å²) >= 11 is 0. The summed E-state index contributed by atoms with van der Waals surface area (Å²) in [7, 11) is 0. The summed E-state index contributed by atoms with van der Waals surface area (Å²) in [5.74, 6) is -0.491. The van der Waals surface area contributed by atoms with Crippen molar-refractivity contribution in [2.75, 3.05) is 11.9 Å². The molecule has 0 saturated carbocycles. The van der Waals surface area contributed by atoms with Crippen molar-refractivity contribution in [1.29, 1.82) is 0 Å². The normalized spacial score (nSPS) is 19.1. The third kappa shape index (κ3) is 2.12. The molecule has 1 atom stereocenters. The fourth-order valence-corrected chi connectivity index (χ4v) is 2.17. The lowest BCUT2D eigenvalue weighted by Gasteiger charge is -2.26. The van der Waals surface area contributed by atoms with Crippen LogP contribution in [0.1, 0.15) is 17.5 Å². The molecule has 0 radical (unpaired) electrons. The van der Waals surface area contributed by atoms with Gasteiger partial charge >= 0.3 is 5.97 Å². The number of hydrogen-bond donors (Lipinski definition) is 2. The molecule has 80 valence electrons. The number of benzene rings is 1. The van der Waals surface area contributed by atoms with Crippen LogP contribution in [-0.2, 0) is 11.2 Å². The fourth-order valence-electron chi connectivity index (χ4n) is 2.17. The van der Waals surface area contributed by atoms with Crippen LogP contribution in [0.2, 0.25) is 0 Å². The molecular formula is C12H15NO2. The average molecular weight is 205 g/mol. The molecule has 0 aromatic heterocycles. The molecule has 1 aliphatic heterocycles. The van der Waals surface area contributed by atoms with Gasteiger partial charge in [-0.25, -0.2) is 0 Å². The molecule has 1 aromatic carbocycles. The molecule has 1 aromatic rings. The maximum atomic E-state index is 10.6. The largest absolute Gasteiger partial charge is 0.481 e. The Labute approximate surface area is 89.1 Å². The zero-order chi connectivity index (χ0) is 10.8. The lowest BCUT2D eigenvalue weighted by atomic mass is 9.90. The van der Waals surface area contributed by atoms with Crippen molar-refractivity contribution in [2.45, 2.75) is 19.8 Å². The molecule has 0 spiro atoms. The number of carbonyl (C=O) groups is 1. The van der Waals surface area contributed by atoms with E-state index in [0.717, 1.165) is 13.0 Å². The molecule has 1 unspecified atom stereocenters. The van der Waals surface area contributed by atoms with E-state index in [9.17, 15) is 4.79 Å². The number of anilines is 1. The van der Waals surface area contributed by atoms with Crippen molar-refractivity contribution in [3.8, 4) is 0 Å². The number of nitrogens with one attached hydrogen (secondary N) is 1. The molecule has 0 fully saturated rings. The standard InChI is InChI=1S/C12H15NO2/c1-8-3-2-4-10-5-9(6-11(14)15)7-13-12(8)10/h2-4,9,13H,5-7H2,1H3,(H,14,15). The zero-order valence-electron chi connectivity index (χ0n) is 8.79. The van der Waals surface area contributed by atoms with Gasteiger partial charge in [-0.3, -0.25) is 4.79 Å². The average Bonchev–Trinajstić information content (AvgIpc) is 2.17. The van der Waals surface area contributed by atoms with E-state index in [4.69, 9.17) is 5.11 Å². The number of carboxylic acid groups (broad SMARTS) is 1. The summed E-state index contributed by atoms with van der Waals surface area (Å²) in [6.07, 6.45) is 1.12. The molecule has 3 heteroatoms. The van der Waals surface area contributed by atoms with E-state index < -0.39 is 5.97 Å². The second kappa shape index (κ2) is 3.93. The quantitative estimate of drug-likeness (QED) is 0.777. The van der Waals surface area contributed by atoms with Crippen LogP contribution < -0.4 is 5.32 Å². The molecule has 15 heavy (non-hydrogen) atoms. The molecular weight excluding hydrogens is 190 g/mol. The highest BCUT2D eigenvalue weighted by Crippen LogP contribution is 2.28. The second-order valence-corrected chi connectivity index (χ2v) is 4.16. The maximum absolute atomic E-state index is 10.6. The lowest BCUT2D eigenvalue weighted by molar-refractivity contribution is -0.138. The predicted molar refractivity (Wildman–Crippen MR) is 59.1 cm³/mol. The van der Waals surface area contributed by atoms with E-state index in [-0.39, 0.29) is 12.3 Å². The Morgan fingerprint density at radius 3 is 3.13 bits per heavy atom. The second-order valence-electron chi connectivity index (χ2n) is 4.16. The number of rotatable bonds is 2. The number of fused-ring (bicyclic) bond motifs is 1. The minimum atomic E-state index is -0.710. The van der Waals surface area contributed by atoms with Crippen LogP contribution in [0.5, 0.6) is 0 Å². The summed E-state index contributed by atoms with van der Waals surface area (Å²) in [5.41, 5.74) is 3.67. The van der Waals surface area contributed by atoms with Crippen LogP contribution in [0.3, 0.4) is 0 Å². The van der Waals surface area contributed by atoms with Gasteiger partial charge in [0.15, 0.2) is 0 Å². The van der Waals surface area contributed by atoms with Gasteiger partial charge in [-0.1, -0.05) is 18.2 Å². The van der Waals surface area contributed by atoms with Gasteiger partial charge in [-0.2, -0.15) is 0 Å². The Morgan fingerprint density at radius 1 is 1.60 bits per heavy atom. The summed E-state index contributed by atoms with van der Waals surface area (Å²) in [6.45, 7) is 2.84. The van der Waals surface area contributed by atoms with Gasteiger partial charge in [0.1, 0.15) is 0 Å². The van der Waals surface area contributed by atoms with Gasteiger partial charge in [0, 0.05) is 12.2 Å². The number of carboxylic acids is 1. The highest BCUT2D eigenvalue weighted by atomic mass is 16.4. The number of hydrogen-bond acceptors (Lipinski definition) is 2. The minimum absolute atomic E-state index is 0.219. The van der Waals surface area contributed by atoms with E-state index in [1.807, 2.05) is 6.07 Å². The molecule has 0 aliphatic carbocycles. The summed E-state index contributed by atoms with van der Waals surface area (Å²) < 4.78 is 0. The van der Waals surface area contributed by atoms with E-state index in [2.05, 4.69) is 24.4 Å². The van der Waals surface area contributed by atoms with Gasteiger partial charge in [-0.15, -0.1) is 0 Å². The van der Waals surface area contributed by atoms with Crippen molar-refractivity contribution in [3.63, 3.8) is 0 Å². The SMILES string of the molecule is Cc1cccc2c1NCC(CC(=O)O)C2. The molecule has 0 amide bonds. The molecule has 2 N–H and O–H groups in total. The summed E-state index contributed by atoms with van der Waals surface area (Å²) in [6, 6.07) is 6.17. The van der Waals surface area contributed by atoms with Crippen LogP contribution >= 0.6 is 0 Å². The summed E-state index contributed by atoms with van der Waals surface area (Å²) in [4.78, 5) is 10.6. The molecule has 0 bridgehead atoms. The predicted octanol–water partition coefficient (Wildman–Crippen LogP) is 2.05. The molecule has 1 heterocycles. The highest BCUT2D eigenvalue weighted by Gasteiger charge is 2.20. The first kappa shape index (κ1) is 10.0. The Bertz CT molecular complexity index is 387. The van der Waals surface area contributed by atoms with E-state index in [0.29, 0.717) is 0 Å². The van der Waals surface area contributed by atoms with Crippen LogP contribution in [0.25, 0.3) is 0 Å². The number of para-hydroxylation sites is 1. The topological polar surface area (TPSA) is 49.3 Å². The minimum Gasteiger partial charge on any atom is -0.481 e. The third-order valence-electron chi connectivity index (χ3n) is 2.90. The van der Waals surface area contributed by atoms with Gasteiger partial charge < -0.3 is 10.4 Å². The smallest absolute Gasteiger partial charge is 0.303 e. The van der Waals surface area contributed by atoms with Gasteiger partial charge in [0.25, 0.3) is 0 Å². The Kier molecular flexibility index (Phi) is 2.62. The first-order valence-electron chi connectivity index (χ1n) is 5.21. The van der Waals surface area contributed by atoms with E-state index >= 15 is 0 Å². The first-order chi connectivity index (χ1) is 7.16. The zero-order valence-corrected chi connectivity index (χ0v) is 8.79. The molecule has 0 saturated heterocycles. The van der Waals surface area contributed by atoms with E-state index in [1.54, 1.807) is 0 Å². The van der Waals surface area contributed by atoms with Crippen LogP contribution in [0.15, 0.2) is 18.2 Å². The highest BCUT2D eigenvalue weighted by molar-refractivity contribution is 5.68. The van der Waals surface area contributed by atoms with Crippen molar-refractivity contribution in [3.05, 3.63) is 29.3 Å². The van der Waals surface area contributed by atoms with Crippen molar-refractivity contribution in [1.82, 2.24) is 0 Å². The van der Waals surface area contributed by atoms with E-state index in [1.165, 1.54) is 16.8 Å². The van der Waals surface area contributed by atoms with Crippen molar-refractivity contribution in [2.24, 2.45) is 5.92 Å². The van der Waals surface area contributed by atoms with Crippen LogP contribution in [0, 0.1) is 12.8 Å². The van der Waals surface area contributed by atoms with Crippen LogP contribution in [0.4, 0.5) is 5.69 Å². The molecule has 2 rings (SSSR count). The third-order valence-corrected chi connectivity index (χ3v) is 2.90. The lowest BCUT2D eigenvalue weighted by Crippen LogP contribution is -2.25. The summed E-state index contributed by atoms with van der Waals surface area (Å²) in [5, 5.41) is 12.1. The number of aliphatic carboxylic acids is 1. The monoisotopic (exact) mass is 205 g/mol. The Hall–Kier alpha value is -1.51. The molecule has 3 nitrogen and oxygen atoms in total.